The van der Waals surface area contributed by atoms with Gasteiger partial charge in [-0.2, -0.15) is 0 Å². The van der Waals surface area contributed by atoms with Crippen molar-refractivity contribution in [2.75, 3.05) is 16.8 Å². The summed E-state index contributed by atoms with van der Waals surface area (Å²) in [5.74, 6) is -1.20. The molecule has 0 saturated carbocycles. The van der Waals surface area contributed by atoms with Crippen molar-refractivity contribution >= 4 is 45.6 Å². The van der Waals surface area contributed by atoms with Crippen LogP contribution in [0.1, 0.15) is 44.0 Å². The molecule has 3 rings (SSSR count). The van der Waals surface area contributed by atoms with E-state index in [1.165, 1.54) is 34.4 Å². The Kier molecular flexibility index (Phi) is 6.06. The predicted octanol–water partition coefficient (Wildman–Crippen LogP) is 4.23. The van der Waals surface area contributed by atoms with E-state index in [2.05, 4.69) is 29.4 Å². The van der Waals surface area contributed by atoms with E-state index in [4.69, 9.17) is 11.6 Å². The van der Waals surface area contributed by atoms with Crippen LogP contribution in [0.3, 0.4) is 0 Å². The number of benzene rings is 1. The first-order valence-electron chi connectivity index (χ1n) is 8.82. The van der Waals surface area contributed by atoms with Crippen LogP contribution in [0, 0.1) is 11.7 Å². The highest BCUT2D eigenvalue weighted by Gasteiger charge is 2.35. The van der Waals surface area contributed by atoms with Gasteiger partial charge >= 0.3 is 0 Å². The lowest BCUT2D eigenvalue weighted by Gasteiger charge is -2.17. The number of carbonyl (C=O) groups excluding carboxylic acids is 2. The van der Waals surface area contributed by atoms with Gasteiger partial charge in [0.15, 0.2) is 0 Å². The van der Waals surface area contributed by atoms with Crippen LogP contribution in [0.5, 0.6) is 0 Å². The Morgan fingerprint density at radius 3 is 2.81 bits per heavy atom. The van der Waals surface area contributed by atoms with Crippen molar-refractivity contribution in [3.05, 3.63) is 34.0 Å². The summed E-state index contributed by atoms with van der Waals surface area (Å²) in [6.45, 7) is 4.40. The highest BCUT2D eigenvalue weighted by Crippen LogP contribution is 2.31. The molecule has 27 heavy (non-hydrogen) atoms. The predicted molar refractivity (Wildman–Crippen MR) is 104 cm³/mol. The highest BCUT2D eigenvalue weighted by molar-refractivity contribution is 7.15. The zero-order chi connectivity index (χ0) is 19.6. The van der Waals surface area contributed by atoms with E-state index in [1.54, 1.807) is 0 Å². The summed E-state index contributed by atoms with van der Waals surface area (Å²) in [5, 5.41) is 12.2. The Hall–Kier alpha value is -2.06. The molecule has 1 aliphatic heterocycles. The summed E-state index contributed by atoms with van der Waals surface area (Å²) in [5.41, 5.74) is 0.480. The van der Waals surface area contributed by atoms with E-state index >= 15 is 0 Å². The number of anilines is 2. The monoisotopic (exact) mass is 410 g/mol. The molecule has 2 aromatic rings. The fourth-order valence-corrected chi connectivity index (χ4v) is 4.27. The summed E-state index contributed by atoms with van der Waals surface area (Å²) in [4.78, 5) is 26.3. The van der Waals surface area contributed by atoms with Crippen molar-refractivity contribution in [3.8, 4) is 0 Å². The van der Waals surface area contributed by atoms with Gasteiger partial charge in [0.25, 0.3) is 0 Å². The highest BCUT2D eigenvalue weighted by atomic mass is 35.5. The standard InChI is InChI=1S/C18H20ClFN4O2S/c1-3-10(4-2)17-22-23-18(27-17)21-16(26)11-7-15(25)24(9-11)12-5-6-14(20)13(19)8-12/h5-6,8,10-11H,3-4,7,9H2,1-2H3,(H,21,23,26). The largest absolute Gasteiger partial charge is 0.312 e. The molecular formula is C18H20ClFN4O2S. The maximum atomic E-state index is 13.3. The van der Waals surface area contributed by atoms with Gasteiger partial charge in [-0.3, -0.25) is 9.59 Å². The van der Waals surface area contributed by atoms with E-state index in [1.807, 2.05) is 0 Å². The summed E-state index contributed by atoms with van der Waals surface area (Å²) < 4.78 is 13.3. The van der Waals surface area contributed by atoms with Gasteiger partial charge in [-0.25, -0.2) is 4.39 Å². The number of rotatable bonds is 6. The molecule has 1 aromatic carbocycles. The average molecular weight is 411 g/mol. The quantitative estimate of drug-likeness (QED) is 0.773. The zero-order valence-corrected chi connectivity index (χ0v) is 16.6. The van der Waals surface area contributed by atoms with E-state index in [-0.39, 0.29) is 29.8 Å². The molecule has 1 saturated heterocycles. The summed E-state index contributed by atoms with van der Waals surface area (Å²) in [6.07, 6.45) is 2.01. The molecule has 0 bridgehead atoms. The number of amides is 2. The second-order valence-corrected chi connectivity index (χ2v) is 7.87. The van der Waals surface area contributed by atoms with E-state index in [0.29, 0.717) is 16.7 Å². The number of carbonyl (C=O) groups is 2. The molecule has 1 atom stereocenters. The van der Waals surface area contributed by atoms with Crippen LogP contribution in [0.25, 0.3) is 0 Å². The molecule has 0 spiro atoms. The van der Waals surface area contributed by atoms with Gasteiger partial charge in [-0.05, 0) is 31.0 Å². The molecular weight excluding hydrogens is 391 g/mol. The molecule has 1 unspecified atom stereocenters. The molecule has 2 amide bonds. The summed E-state index contributed by atoms with van der Waals surface area (Å²) in [7, 11) is 0. The molecule has 1 N–H and O–H groups in total. The number of aromatic nitrogens is 2. The lowest BCUT2D eigenvalue weighted by atomic mass is 10.1. The first-order valence-corrected chi connectivity index (χ1v) is 10.0. The Labute approximate surface area is 165 Å². The van der Waals surface area contributed by atoms with E-state index in [9.17, 15) is 14.0 Å². The minimum atomic E-state index is -0.550. The molecule has 1 aromatic heterocycles. The minimum Gasteiger partial charge on any atom is -0.312 e. The molecule has 1 aliphatic rings. The van der Waals surface area contributed by atoms with Crippen molar-refractivity contribution in [3.63, 3.8) is 0 Å². The first kappa shape index (κ1) is 19.7. The number of hydrogen-bond acceptors (Lipinski definition) is 5. The molecule has 2 heterocycles. The number of nitrogens with one attached hydrogen (secondary N) is 1. The maximum absolute atomic E-state index is 13.3. The Bertz CT molecular complexity index is 856. The van der Waals surface area contributed by atoms with Crippen molar-refractivity contribution in [1.82, 2.24) is 10.2 Å². The lowest BCUT2D eigenvalue weighted by molar-refractivity contribution is -0.122. The van der Waals surface area contributed by atoms with Gasteiger partial charge < -0.3 is 10.2 Å². The second-order valence-electron chi connectivity index (χ2n) is 6.45. The van der Waals surface area contributed by atoms with Gasteiger partial charge in [0.1, 0.15) is 10.8 Å². The molecule has 144 valence electrons. The fraction of sp³-hybridized carbons (Fsp3) is 0.444. The van der Waals surface area contributed by atoms with Crippen LogP contribution in [0.15, 0.2) is 18.2 Å². The van der Waals surface area contributed by atoms with E-state index < -0.39 is 11.7 Å². The van der Waals surface area contributed by atoms with E-state index in [0.717, 1.165) is 17.8 Å². The third-order valence-electron chi connectivity index (χ3n) is 4.72. The zero-order valence-electron chi connectivity index (χ0n) is 15.0. The van der Waals surface area contributed by atoms with Crippen LogP contribution < -0.4 is 10.2 Å². The van der Waals surface area contributed by atoms with Crippen molar-refractivity contribution < 1.29 is 14.0 Å². The van der Waals surface area contributed by atoms with Crippen molar-refractivity contribution in [1.29, 1.82) is 0 Å². The van der Waals surface area contributed by atoms with Gasteiger partial charge in [-0.15, -0.1) is 10.2 Å². The Morgan fingerprint density at radius 1 is 1.41 bits per heavy atom. The van der Waals surface area contributed by atoms with Gasteiger partial charge in [0.2, 0.25) is 16.9 Å². The Balaban J connectivity index is 1.66. The van der Waals surface area contributed by atoms with Gasteiger partial charge in [0, 0.05) is 24.6 Å². The third kappa shape index (κ3) is 4.27. The molecule has 0 radical (unpaired) electrons. The third-order valence-corrected chi connectivity index (χ3v) is 6.01. The second kappa shape index (κ2) is 8.31. The average Bonchev–Trinajstić information content (AvgIpc) is 3.25. The number of halogens is 2. The fourth-order valence-electron chi connectivity index (χ4n) is 3.08. The first-order chi connectivity index (χ1) is 12.9. The molecule has 0 aliphatic carbocycles. The summed E-state index contributed by atoms with van der Waals surface area (Å²) >= 11 is 7.16. The Morgan fingerprint density at radius 2 is 2.15 bits per heavy atom. The van der Waals surface area contributed by atoms with Crippen LogP contribution >= 0.6 is 22.9 Å². The molecule has 6 nitrogen and oxygen atoms in total. The van der Waals surface area contributed by atoms with Crippen LogP contribution in [-0.2, 0) is 9.59 Å². The van der Waals surface area contributed by atoms with Crippen LogP contribution in [0.4, 0.5) is 15.2 Å². The molecule has 9 heteroatoms. The SMILES string of the molecule is CCC(CC)c1nnc(NC(=O)C2CC(=O)N(c3ccc(F)c(Cl)c3)C2)s1. The number of nitrogens with zero attached hydrogens (tertiary/aromatic N) is 3. The van der Waals surface area contributed by atoms with Crippen LogP contribution in [-0.4, -0.2) is 28.6 Å². The van der Waals surface area contributed by atoms with Crippen LogP contribution in [0.2, 0.25) is 5.02 Å². The lowest BCUT2D eigenvalue weighted by Crippen LogP contribution is -2.28. The van der Waals surface area contributed by atoms with Crippen molar-refractivity contribution in [2.24, 2.45) is 5.92 Å². The molecule has 1 fully saturated rings. The normalized spacial score (nSPS) is 17.0. The van der Waals surface area contributed by atoms with Gasteiger partial charge in [-0.1, -0.05) is 36.8 Å². The summed E-state index contributed by atoms with van der Waals surface area (Å²) in [6, 6.07) is 4.08. The minimum absolute atomic E-state index is 0.0593. The smallest absolute Gasteiger partial charge is 0.231 e. The number of hydrogen-bond donors (Lipinski definition) is 1. The topological polar surface area (TPSA) is 75.2 Å². The van der Waals surface area contributed by atoms with Gasteiger partial charge in [0.05, 0.1) is 10.9 Å². The van der Waals surface area contributed by atoms with Crippen molar-refractivity contribution in [2.45, 2.75) is 39.0 Å². The maximum Gasteiger partial charge on any atom is 0.231 e.